The van der Waals surface area contributed by atoms with Crippen molar-refractivity contribution in [3.05, 3.63) is 60.8 Å². The fourth-order valence-corrected chi connectivity index (χ4v) is 4.30. The second-order valence-electron chi connectivity index (χ2n) is 8.73. The lowest BCUT2D eigenvalue weighted by Crippen LogP contribution is -2.23. The van der Waals surface area contributed by atoms with Crippen LogP contribution in [0.25, 0.3) is 22.1 Å². The van der Waals surface area contributed by atoms with Crippen molar-refractivity contribution in [2.24, 2.45) is 7.05 Å². The topological polar surface area (TPSA) is 114 Å². The van der Waals surface area contributed by atoms with E-state index in [0.717, 1.165) is 40.3 Å². The van der Waals surface area contributed by atoms with Crippen LogP contribution >= 0.6 is 0 Å². The van der Waals surface area contributed by atoms with Gasteiger partial charge in [-0.25, -0.2) is 24.9 Å². The van der Waals surface area contributed by atoms with Gasteiger partial charge in [0.05, 0.1) is 29.7 Å². The molecule has 1 aliphatic heterocycles. The van der Waals surface area contributed by atoms with Gasteiger partial charge in [0.25, 0.3) is 0 Å². The Labute approximate surface area is 201 Å². The number of ether oxygens (including phenoxy) is 1. The van der Waals surface area contributed by atoms with Gasteiger partial charge in [-0.2, -0.15) is 0 Å². The van der Waals surface area contributed by atoms with Gasteiger partial charge in [0.15, 0.2) is 5.82 Å². The van der Waals surface area contributed by atoms with E-state index in [2.05, 4.69) is 25.3 Å². The van der Waals surface area contributed by atoms with Crippen molar-refractivity contribution in [3.63, 3.8) is 0 Å². The number of imidazole rings is 1. The third-order valence-electron chi connectivity index (χ3n) is 6.17. The summed E-state index contributed by atoms with van der Waals surface area (Å²) in [5, 5.41) is 13.2. The van der Waals surface area contributed by atoms with Gasteiger partial charge in [0, 0.05) is 31.9 Å². The summed E-state index contributed by atoms with van der Waals surface area (Å²) < 4.78 is 8.11. The Balaban J connectivity index is 1.25. The molecule has 10 nitrogen and oxygen atoms in total. The highest BCUT2D eigenvalue weighted by atomic mass is 16.5. The highest BCUT2D eigenvalue weighted by Gasteiger charge is 2.23. The molecule has 10 heteroatoms. The van der Waals surface area contributed by atoms with E-state index >= 15 is 0 Å². The minimum atomic E-state index is -0.353. The summed E-state index contributed by atoms with van der Waals surface area (Å²) in [6, 6.07) is 11.7. The molecule has 6 rings (SSSR count). The molecule has 1 fully saturated rings. The molecule has 0 aliphatic carbocycles. The number of hydrogen-bond acceptors (Lipinski definition) is 9. The van der Waals surface area contributed by atoms with Crippen molar-refractivity contribution in [2.45, 2.75) is 19.4 Å². The molecule has 0 bridgehead atoms. The molecule has 0 amide bonds. The van der Waals surface area contributed by atoms with Crippen molar-refractivity contribution in [2.75, 3.05) is 23.3 Å². The second kappa shape index (κ2) is 8.48. The van der Waals surface area contributed by atoms with E-state index in [1.165, 1.54) is 6.33 Å². The number of aliphatic hydroxyl groups excluding tert-OH is 1. The largest absolute Gasteiger partial charge is 0.457 e. The van der Waals surface area contributed by atoms with Crippen LogP contribution in [0.1, 0.15) is 12.0 Å². The summed E-state index contributed by atoms with van der Waals surface area (Å²) >= 11 is 0. The van der Waals surface area contributed by atoms with Crippen LogP contribution in [0.15, 0.2) is 55.2 Å². The number of β-amino-alcohol motifs (C(OH)–C–C–N with tert-alkyl or cyclic N) is 1. The zero-order chi connectivity index (χ0) is 23.9. The van der Waals surface area contributed by atoms with Crippen LogP contribution in [-0.2, 0) is 7.05 Å². The number of rotatable bonds is 5. The van der Waals surface area contributed by atoms with E-state index in [1.54, 1.807) is 12.5 Å². The molecule has 2 aromatic carbocycles. The normalized spacial score (nSPS) is 15.7. The van der Waals surface area contributed by atoms with E-state index in [0.29, 0.717) is 35.8 Å². The van der Waals surface area contributed by atoms with E-state index in [-0.39, 0.29) is 6.10 Å². The molecular formula is C25H24N8O2. The van der Waals surface area contributed by atoms with Crippen LogP contribution in [0.5, 0.6) is 11.5 Å². The predicted molar refractivity (Wildman–Crippen MR) is 133 cm³/mol. The Morgan fingerprint density at radius 3 is 2.80 bits per heavy atom. The molecule has 1 atom stereocenters. The minimum absolute atomic E-state index is 0.353. The van der Waals surface area contributed by atoms with Crippen LogP contribution < -0.4 is 15.0 Å². The zero-order valence-corrected chi connectivity index (χ0v) is 19.4. The minimum Gasteiger partial charge on any atom is -0.457 e. The van der Waals surface area contributed by atoms with Crippen molar-refractivity contribution in [1.82, 2.24) is 29.5 Å². The molecule has 3 aromatic heterocycles. The molecule has 2 N–H and O–H groups in total. The maximum Gasteiger partial charge on any atom is 0.226 e. The van der Waals surface area contributed by atoms with E-state index in [9.17, 15) is 5.11 Å². The maximum absolute atomic E-state index is 9.86. The quantitative estimate of drug-likeness (QED) is 0.398. The summed E-state index contributed by atoms with van der Waals surface area (Å²) in [6.45, 7) is 3.24. The molecule has 4 heterocycles. The van der Waals surface area contributed by atoms with Gasteiger partial charge in [0.2, 0.25) is 5.95 Å². The van der Waals surface area contributed by atoms with Gasteiger partial charge in [-0.3, -0.25) is 0 Å². The monoisotopic (exact) mass is 468 g/mol. The summed E-state index contributed by atoms with van der Waals surface area (Å²) in [6.07, 6.45) is 5.33. The number of aliphatic hydroxyl groups is 1. The fourth-order valence-electron chi connectivity index (χ4n) is 4.30. The highest BCUT2D eigenvalue weighted by molar-refractivity contribution is 5.87. The summed E-state index contributed by atoms with van der Waals surface area (Å²) in [7, 11) is 1.97. The van der Waals surface area contributed by atoms with Gasteiger partial charge < -0.3 is 24.6 Å². The first-order valence-electron chi connectivity index (χ1n) is 11.4. The number of fused-ring (bicyclic) bond motifs is 2. The second-order valence-corrected chi connectivity index (χ2v) is 8.73. The lowest BCUT2D eigenvalue weighted by atomic mass is 10.2. The van der Waals surface area contributed by atoms with Crippen LogP contribution in [0.4, 0.5) is 17.5 Å². The van der Waals surface area contributed by atoms with Crippen molar-refractivity contribution >= 4 is 39.5 Å². The standard InChI is InChI=1S/C25H24N8O2/c1-15-9-16(3-6-22(15)35-18-4-5-21-19(10-18)29-14-32(21)2)30-24-23-20(27-13-28-24)11-26-25(31-23)33-8-7-17(34)12-33/h3-6,9-11,13-14,17,34H,7-8,12H2,1-2H3,(H,27,28,30)/t17-/m0/s1. The van der Waals surface area contributed by atoms with Crippen molar-refractivity contribution in [3.8, 4) is 11.5 Å². The smallest absolute Gasteiger partial charge is 0.226 e. The highest BCUT2D eigenvalue weighted by Crippen LogP contribution is 2.31. The molecule has 1 aliphatic rings. The van der Waals surface area contributed by atoms with Crippen LogP contribution in [0.2, 0.25) is 0 Å². The molecule has 1 saturated heterocycles. The fraction of sp³-hybridized carbons (Fsp3) is 0.240. The van der Waals surface area contributed by atoms with Crippen molar-refractivity contribution < 1.29 is 9.84 Å². The molecule has 0 spiro atoms. The number of nitrogens with zero attached hydrogens (tertiary/aromatic N) is 7. The first-order chi connectivity index (χ1) is 17.0. The Morgan fingerprint density at radius 2 is 1.97 bits per heavy atom. The molecule has 0 unspecified atom stereocenters. The zero-order valence-electron chi connectivity index (χ0n) is 19.4. The number of aromatic nitrogens is 6. The van der Waals surface area contributed by atoms with Crippen LogP contribution in [0, 0.1) is 6.92 Å². The van der Waals surface area contributed by atoms with Gasteiger partial charge in [-0.1, -0.05) is 0 Å². The van der Waals surface area contributed by atoms with Crippen molar-refractivity contribution in [1.29, 1.82) is 0 Å². The van der Waals surface area contributed by atoms with Gasteiger partial charge >= 0.3 is 0 Å². The maximum atomic E-state index is 9.86. The lowest BCUT2D eigenvalue weighted by molar-refractivity contribution is 0.198. The Hall–Kier alpha value is -4.31. The Morgan fingerprint density at radius 1 is 1.06 bits per heavy atom. The molecular weight excluding hydrogens is 444 g/mol. The number of benzene rings is 2. The molecule has 176 valence electrons. The number of aryl methyl sites for hydroxylation is 2. The van der Waals surface area contributed by atoms with E-state index < -0.39 is 0 Å². The number of nitrogens with one attached hydrogen (secondary N) is 1. The van der Waals surface area contributed by atoms with Gasteiger partial charge in [0.1, 0.15) is 28.9 Å². The van der Waals surface area contributed by atoms with E-state index in [1.807, 2.05) is 59.8 Å². The Bertz CT molecular complexity index is 1550. The van der Waals surface area contributed by atoms with Gasteiger partial charge in [-0.15, -0.1) is 0 Å². The SMILES string of the molecule is Cc1cc(Nc2ncnc3cnc(N4CC[C@H](O)C4)nc23)ccc1Oc1ccc2c(c1)ncn2C. The summed E-state index contributed by atoms with van der Waals surface area (Å²) in [4.78, 5) is 24.2. The predicted octanol–water partition coefficient (Wildman–Crippen LogP) is 3.72. The first-order valence-corrected chi connectivity index (χ1v) is 11.4. The van der Waals surface area contributed by atoms with Crippen LogP contribution in [-0.4, -0.2) is 53.8 Å². The average Bonchev–Trinajstić information content (AvgIpc) is 3.46. The summed E-state index contributed by atoms with van der Waals surface area (Å²) in [5.41, 5.74) is 5.04. The van der Waals surface area contributed by atoms with E-state index in [4.69, 9.17) is 9.72 Å². The molecule has 0 saturated carbocycles. The van der Waals surface area contributed by atoms with Gasteiger partial charge in [-0.05, 0) is 49.2 Å². The third kappa shape index (κ3) is 4.08. The molecule has 5 aromatic rings. The third-order valence-corrected chi connectivity index (χ3v) is 6.17. The number of anilines is 3. The first kappa shape index (κ1) is 21.2. The van der Waals surface area contributed by atoms with Crippen LogP contribution in [0.3, 0.4) is 0 Å². The summed E-state index contributed by atoms with van der Waals surface area (Å²) in [5.74, 6) is 2.65. The number of hydrogen-bond donors (Lipinski definition) is 2. The molecule has 35 heavy (non-hydrogen) atoms. The average molecular weight is 469 g/mol. The lowest BCUT2D eigenvalue weighted by Gasteiger charge is -2.16. The Kier molecular flexibility index (Phi) is 5.14. The molecule has 0 radical (unpaired) electrons.